The van der Waals surface area contributed by atoms with Gasteiger partial charge in [-0.15, -0.1) is 0 Å². The summed E-state index contributed by atoms with van der Waals surface area (Å²) in [5, 5.41) is 0.408. The van der Waals surface area contributed by atoms with Crippen molar-refractivity contribution in [1.82, 2.24) is 4.90 Å². The number of thioether (sulfide) groups is 1. The smallest absolute Gasteiger partial charge is 0.265 e. The first-order valence-corrected chi connectivity index (χ1v) is 11.6. The second-order valence-corrected chi connectivity index (χ2v) is 8.81. The molecule has 0 aliphatic carbocycles. The van der Waals surface area contributed by atoms with Crippen LogP contribution in [0, 0.1) is 0 Å². The van der Waals surface area contributed by atoms with Gasteiger partial charge in [-0.3, -0.25) is 9.69 Å². The number of amides is 1. The van der Waals surface area contributed by atoms with Crippen LogP contribution >= 0.6 is 35.6 Å². The van der Waals surface area contributed by atoms with E-state index in [4.69, 9.17) is 42.8 Å². The molecule has 170 valence electrons. The number of carbonyl (C=O) groups is 1. The molecule has 1 aliphatic rings. The summed E-state index contributed by atoms with van der Waals surface area (Å²) in [6.07, 6.45) is 2.42. The maximum Gasteiger partial charge on any atom is 0.265 e. The fraction of sp³-hybridized carbons (Fsp3) is 0.304. The van der Waals surface area contributed by atoms with Crippen LogP contribution < -0.4 is 18.9 Å². The highest BCUT2D eigenvalue weighted by molar-refractivity contribution is 8.26. The van der Waals surface area contributed by atoms with E-state index < -0.39 is 0 Å². The highest BCUT2D eigenvalue weighted by Gasteiger charge is 2.28. The maximum atomic E-state index is 12.3. The van der Waals surface area contributed by atoms with Gasteiger partial charge >= 0.3 is 0 Å². The second kappa shape index (κ2) is 11.4. The normalized spacial score (nSPS) is 14.8. The Morgan fingerprint density at radius 2 is 1.78 bits per heavy atom. The standard InChI is InChI=1S/C23H24ClNO5S2/c1-4-28-19-13-15(14-20-22(26)25(2)23(31)32-20)12-18(24)21(19)30-11-5-10-29-17-8-6-16(27-3)7-9-17/h6-9,12-14H,4-5,10-11H2,1-3H3/b20-14-. The third kappa shape index (κ3) is 6.09. The van der Waals surface area contributed by atoms with Gasteiger partial charge < -0.3 is 18.9 Å². The number of thiocarbonyl (C=S) groups is 1. The predicted octanol–water partition coefficient (Wildman–Crippen LogP) is 5.43. The van der Waals surface area contributed by atoms with Crippen LogP contribution in [0.4, 0.5) is 0 Å². The van der Waals surface area contributed by atoms with E-state index in [0.717, 1.165) is 17.1 Å². The van der Waals surface area contributed by atoms with Crippen LogP contribution in [-0.2, 0) is 4.79 Å². The van der Waals surface area contributed by atoms with Gasteiger partial charge in [0.15, 0.2) is 11.5 Å². The lowest BCUT2D eigenvalue weighted by molar-refractivity contribution is -0.121. The zero-order valence-corrected chi connectivity index (χ0v) is 20.4. The summed E-state index contributed by atoms with van der Waals surface area (Å²) in [6.45, 7) is 3.23. The van der Waals surface area contributed by atoms with Crippen molar-refractivity contribution in [2.75, 3.05) is 34.0 Å². The number of methoxy groups -OCH3 is 1. The molecule has 3 rings (SSSR count). The molecule has 0 atom stereocenters. The molecule has 1 amide bonds. The van der Waals surface area contributed by atoms with Crippen molar-refractivity contribution in [2.24, 2.45) is 0 Å². The highest BCUT2D eigenvalue weighted by Crippen LogP contribution is 2.39. The minimum absolute atomic E-state index is 0.133. The highest BCUT2D eigenvalue weighted by atomic mass is 35.5. The molecular formula is C23H24ClNO5S2. The number of halogens is 1. The Labute approximate surface area is 202 Å². The predicted molar refractivity (Wildman–Crippen MR) is 132 cm³/mol. The van der Waals surface area contributed by atoms with Gasteiger partial charge in [0.25, 0.3) is 5.91 Å². The maximum absolute atomic E-state index is 12.3. The first kappa shape index (κ1) is 24.2. The molecule has 0 unspecified atom stereocenters. The van der Waals surface area contributed by atoms with Crippen molar-refractivity contribution in [2.45, 2.75) is 13.3 Å². The minimum atomic E-state index is -0.133. The van der Waals surface area contributed by atoms with E-state index in [1.807, 2.05) is 31.2 Å². The van der Waals surface area contributed by atoms with E-state index in [1.165, 1.54) is 16.7 Å². The monoisotopic (exact) mass is 493 g/mol. The lowest BCUT2D eigenvalue weighted by Crippen LogP contribution is -2.22. The molecule has 6 nitrogen and oxygen atoms in total. The average molecular weight is 494 g/mol. The Morgan fingerprint density at radius 1 is 1.09 bits per heavy atom. The van der Waals surface area contributed by atoms with Crippen LogP contribution in [0.25, 0.3) is 6.08 Å². The van der Waals surface area contributed by atoms with Crippen LogP contribution in [-0.4, -0.2) is 49.1 Å². The quantitative estimate of drug-likeness (QED) is 0.248. The van der Waals surface area contributed by atoms with Gasteiger partial charge in [-0.2, -0.15) is 0 Å². The molecule has 32 heavy (non-hydrogen) atoms. The van der Waals surface area contributed by atoms with E-state index in [1.54, 1.807) is 32.4 Å². The van der Waals surface area contributed by atoms with Crippen LogP contribution in [0.2, 0.25) is 5.02 Å². The molecule has 1 saturated heterocycles. The van der Waals surface area contributed by atoms with Gasteiger partial charge in [0.2, 0.25) is 0 Å². The van der Waals surface area contributed by atoms with E-state index in [-0.39, 0.29) is 5.91 Å². The largest absolute Gasteiger partial charge is 0.497 e. The molecule has 2 aromatic carbocycles. The van der Waals surface area contributed by atoms with Gasteiger partial charge in [0.05, 0.1) is 36.9 Å². The molecule has 0 radical (unpaired) electrons. The van der Waals surface area contributed by atoms with Gasteiger partial charge in [0, 0.05) is 13.5 Å². The molecular weight excluding hydrogens is 470 g/mol. The summed E-state index contributed by atoms with van der Waals surface area (Å²) in [4.78, 5) is 14.3. The minimum Gasteiger partial charge on any atom is -0.497 e. The van der Waals surface area contributed by atoms with Crippen LogP contribution in [0.5, 0.6) is 23.0 Å². The van der Waals surface area contributed by atoms with Crippen molar-refractivity contribution in [1.29, 1.82) is 0 Å². The Bertz CT molecular complexity index is 1010. The molecule has 1 aliphatic heterocycles. The van der Waals surface area contributed by atoms with Gasteiger partial charge in [-0.25, -0.2) is 0 Å². The van der Waals surface area contributed by atoms with Crippen molar-refractivity contribution < 1.29 is 23.7 Å². The number of benzene rings is 2. The van der Waals surface area contributed by atoms with E-state index in [0.29, 0.717) is 52.0 Å². The zero-order chi connectivity index (χ0) is 23.1. The third-order valence-electron chi connectivity index (χ3n) is 4.48. The summed E-state index contributed by atoms with van der Waals surface area (Å²) < 4.78 is 23.0. The molecule has 1 fully saturated rings. The van der Waals surface area contributed by atoms with Gasteiger partial charge in [-0.1, -0.05) is 35.6 Å². The van der Waals surface area contributed by atoms with Crippen LogP contribution in [0.3, 0.4) is 0 Å². The van der Waals surface area contributed by atoms with Gasteiger partial charge in [0.1, 0.15) is 15.8 Å². The number of rotatable bonds is 10. The molecule has 0 saturated carbocycles. The van der Waals surface area contributed by atoms with Crippen molar-refractivity contribution >= 4 is 51.9 Å². The Morgan fingerprint density at radius 3 is 2.41 bits per heavy atom. The number of nitrogens with zero attached hydrogens (tertiary/aromatic N) is 1. The molecule has 0 bridgehead atoms. The topological polar surface area (TPSA) is 57.2 Å². The summed E-state index contributed by atoms with van der Waals surface area (Å²) >= 11 is 12.9. The zero-order valence-electron chi connectivity index (χ0n) is 18.1. The summed E-state index contributed by atoms with van der Waals surface area (Å²) in [5.74, 6) is 2.41. The fourth-order valence-corrected chi connectivity index (χ4v) is 4.32. The summed E-state index contributed by atoms with van der Waals surface area (Å²) in [7, 11) is 3.28. The molecule has 1 heterocycles. The number of ether oxygens (including phenoxy) is 4. The Hall–Kier alpha value is -2.42. The first-order chi connectivity index (χ1) is 15.4. The number of likely N-dealkylation sites (N-methyl/N-ethyl adjacent to an activating group) is 1. The van der Waals surface area contributed by atoms with E-state index >= 15 is 0 Å². The molecule has 0 N–H and O–H groups in total. The Balaban J connectivity index is 1.62. The Kier molecular flexibility index (Phi) is 8.67. The lowest BCUT2D eigenvalue weighted by atomic mass is 10.1. The van der Waals surface area contributed by atoms with Crippen molar-refractivity contribution in [3.8, 4) is 23.0 Å². The van der Waals surface area contributed by atoms with Crippen LogP contribution in [0.15, 0.2) is 41.3 Å². The molecule has 0 aromatic heterocycles. The van der Waals surface area contributed by atoms with Crippen molar-refractivity contribution in [3.05, 3.63) is 51.9 Å². The lowest BCUT2D eigenvalue weighted by Gasteiger charge is -2.15. The third-order valence-corrected chi connectivity index (χ3v) is 6.24. The summed E-state index contributed by atoms with van der Waals surface area (Å²) in [5.41, 5.74) is 0.739. The average Bonchev–Trinajstić information content (AvgIpc) is 3.02. The van der Waals surface area contributed by atoms with Crippen molar-refractivity contribution in [3.63, 3.8) is 0 Å². The summed E-state index contributed by atoms with van der Waals surface area (Å²) in [6, 6.07) is 11.0. The second-order valence-electron chi connectivity index (χ2n) is 6.73. The molecule has 9 heteroatoms. The number of hydrogen-bond donors (Lipinski definition) is 0. The first-order valence-electron chi connectivity index (χ1n) is 10.0. The fourth-order valence-electron chi connectivity index (χ4n) is 2.87. The van der Waals surface area contributed by atoms with E-state index in [9.17, 15) is 4.79 Å². The number of carbonyl (C=O) groups excluding carboxylic acids is 1. The number of hydrogen-bond acceptors (Lipinski definition) is 7. The molecule has 2 aromatic rings. The van der Waals surface area contributed by atoms with E-state index in [2.05, 4.69) is 0 Å². The van der Waals surface area contributed by atoms with Gasteiger partial charge in [-0.05, 0) is 55.0 Å². The SMILES string of the molecule is CCOc1cc(/C=C2\SC(=S)N(C)C2=O)cc(Cl)c1OCCCOc1ccc(OC)cc1. The molecule has 0 spiro atoms. The van der Waals surface area contributed by atoms with Crippen LogP contribution in [0.1, 0.15) is 18.9 Å².